The molecule has 0 spiro atoms. The molecule has 0 aliphatic rings. The number of benzene rings is 1. The summed E-state index contributed by atoms with van der Waals surface area (Å²) < 4.78 is 38.8. The van der Waals surface area contributed by atoms with Gasteiger partial charge in [-0.25, -0.2) is 0 Å². The minimum Gasteiger partial charge on any atom is -0.351 e. The lowest BCUT2D eigenvalue weighted by atomic mass is 10.2. The van der Waals surface area contributed by atoms with Crippen molar-refractivity contribution in [3.05, 3.63) is 53.9 Å². The molecule has 128 valence electrons. The van der Waals surface area contributed by atoms with Gasteiger partial charge in [-0.3, -0.25) is 4.79 Å². The van der Waals surface area contributed by atoms with Gasteiger partial charge in [0.2, 0.25) is 0 Å². The first kappa shape index (κ1) is 19.3. The topological polar surface area (TPSA) is 77.0 Å². The van der Waals surface area contributed by atoms with E-state index in [1.807, 2.05) is 6.07 Å². The number of alkyl halides is 3. The number of allylic oxidation sites excluding steroid dienone is 1. The maximum Gasteiger partial charge on any atom is 0.407 e. The van der Waals surface area contributed by atoms with Crippen molar-refractivity contribution in [2.75, 3.05) is 12.4 Å². The fourth-order valence-corrected chi connectivity index (χ4v) is 1.77. The molecule has 0 heterocycles. The minimum absolute atomic E-state index is 0.284. The first-order valence-corrected chi connectivity index (χ1v) is 6.87. The molecule has 1 rings (SSSR count). The Bertz CT molecular complexity index is 689. The Labute approximate surface area is 137 Å². The Hall–Kier alpha value is -2.79. The third-order valence-electron chi connectivity index (χ3n) is 2.84. The molecule has 1 aromatic carbocycles. The van der Waals surface area contributed by atoms with Crippen molar-refractivity contribution in [1.29, 1.82) is 5.26 Å². The van der Waals surface area contributed by atoms with E-state index in [1.54, 1.807) is 6.07 Å². The number of rotatable bonds is 6. The average Bonchev–Trinajstić information content (AvgIpc) is 2.49. The molecule has 0 fully saturated rings. The van der Waals surface area contributed by atoms with E-state index in [4.69, 9.17) is 5.26 Å². The van der Waals surface area contributed by atoms with Gasteiger partial charge in [0.05, 0.1) is 11.6 Å². The predicted molar refractivity (Wildman–Crippen MR) is 84.7 cm³/mol. The number of carbonyl (C=O) groups excluding carboxylic acids is 1. The lowest BCUT2D eigenvalue weighted by Gasteiger charge is -2.19. The van der Waals surface area contributed by atoms with Gasteiger partial charge in [0.25, 0.3) is 5.91 Å². The number of nitriles is 1. The van der Waals surface area contributed by atoms with Crippen LogP contribution in [0.2, 0.25) is 0 Å². The molecular formula is C16H17F3N4O. The lowest BCUT2D eigenvalue weighted by Crippen LogP contribution is -2.40. The van der Waals surface area contributed by atoms with E-state index in [-0.39, 0.29) is 11.4 Å². The number of hydrogen-bond donors (Lipinski definition) is 3. The zero-order chi connectivity index (χ0) is 18.3. The molecule has 0 aliphatic carbocycles. The van der Waals surface area contributed by atoms with Crippen LogP contribution >= 0.6 is 0 Å². The molecule has 0 saturated heterocycles. The van der Waals surface area contributed by atoms with Crippen molar-refractivity contribution in [2.45, 2.75) is 19.1 Å². The van der Waals surface area contributed by atoms with Crippen molar-refractivity contribution in [3.8, 4) is 6.07 Å². The van der Waals surface area contributed by atoms with Gasteiger partial charge in [-0.05, 0) is 38.2 Å². The monoisotopic (exact) mass is 338 g/mol. The fraction of sp³-hybridized carbons (Fsp3) is 0.250. The molecule has 0 radical (unpaired) electrons. The van der Waals surface area contributed by atoms with Crippen LogP contribution in [0.4, 0.5) is 18.9 Å². The number of amides is 1. The van der Waals surface area contributed by atoms with Crippen LogP contribution in [-0.2, 0) is 4.79 Å². The van der Waals surface area contributed by atoms with Crippen LogP contribution in [0, 0.1) is 11.3 Å². The fourth-order valence-electron chi connectivity index (χ4n) is 1.77. The zero-order valence-electron chi connectivity index (χ0n) is 13.2. The van der Waals surface area contributed by atoms with Gasteiger partial charge >= 0.3 is 6.18 Å². The first-order chi connectivity index (χ1) is 11.2. The maximum absolute atomic E-state index is 12.9. The van der Waals surface area contributed by atoms with Crippen LogP contribution in [-0.4, -0.2) is 25.2 Å². The molecule has 0 bridgehead atoms. The van der Waals surface area contributed by atoms with Crippen LogP contribution in [0.25, 0.3) is 0 Å². The molecular weight excluding hydrogens is 321 g/mol. The minimum atomic E-state index is -4.57. The van der Waals surface area contributed by atoms with E-state index < -0.39 is 18.1 Å². The van der Waals surface area contributed by atoms with Gasteiger partial charge in [0.15, 0.2) is 0 Å². The standard InChI is InChI=1S/C16H17F3N4O/c1-10(2)22-15(24)13(8-14(21-3)16(17,18)19)23-12-6-4-5-11(7-12)9-20/h4-8,14,21,23H,1H2,2-3H3,(H,22,24)/b13-8-. The Balaban J connectivity index is 3.20. The largest absolute Gasteiger partial charge is 0.407 e. The maximum atomic E-state index is 12.9. The summed E-state index contributed by atoms with van der Waals surface area (Å²) in [6, 6.07) is 5.93. The smallest absolute Gasteiger partial charge is 0.351 e. The highest BCUT2D eigenvalue weighted by Gasteiger charge is 2.37. The molecule has 3 N–H and O–H groups in total. The number of likely N-dealkylation sites (N-methyl/N-ethyl adjacent to an activating group) is 1. The summed E-state index contributed by atoms with van der Waals surface area (Å²) in [5.41, 5.74) is 0.589. The molecule has 0 aliphatic heterocycles. The van der Waals surface area contributed by atoms with Gasteiger partial charge in [-0.15, -0.1) is 0 Å². The molecule has 0 saturated carbocycles. The summed E-state index contributed by atoms with van der Waals surface area (Å²) in [7, 11) is 1.14. The van der Waals surface area contributed by atoms with Crippen molar-refractivity contribution in [1.82, 2.24) is 10.6 Å². The van der Waals surface area contributed by atoms with Gasteiger partial charge in [-0.1, -0.05) is 12.6 Å². The summed E-state index contributed by atoms with van der Waals surface area (Å²) in [6.45, 7) is 5.00. The van der Waals surface area contributed by atoms with Crippen LogP contribution in [0.5, 0.6) is 0 Å². The first-order valence-electron chi connectivity index (χ1n) is 6.87. The Morgan fingerprint density at radius 2 is 2.08 bits per heavy atom. The highest BCUT2D eigenvalue weighted by Crippen LogP contribution is 2.22. The van der Waals surface area contributed by atoms with Crippen molar-refractivity contribution in [2.24, 2.45) is 0 Å². The summed E-state index contributed by atoms with van der Waals surface area (Å²) in [5.74, 6) is -0.769. The second-order valence-electron chi connectivity index (χ2n) is 4.94. The zero-order valence-corrected chi connectivity index (χ0v) is 13.2. The quantitative estimate of drug-likeness (QED) is 0.697. The molecule has 1 unspecified atom stereocenters. The highest BCUT2D eigenvalue weighted by molar-refractivity contribution is 5.97. The molecule has 24 heavy (non-hydrogen) atoms. The summed E-state index contributed by atoms with van der Waals surface area (Å²) >= 11 is 0. The number of nitrogens with one attached hydrogen (secondary N) is 3. The van der Waals surface area contributed by atoms with Gasteiger partial charge in [0.1, 0.15) is 11.7 Å². The number of nitrogens with zero attached hydrogens (tertiary/aromatic N) is 1. The third kappa shape index (κ3) is 5.78. The third-order valence-corrected chi connectivity index (χ3v) is 2.84. The predicted octanol–water partition coefficient (Wildman–Crippen LogP) is 2.65. The normalized spacial score (nSPS) is 12.9. The number of carbonyl (C=O) groups is 1. The van der Waals surface area contributed by atoms with Gasteiger partial charge < -0.3 is 16.0 Å². The molecule has 0 aromatic heterocycles. The molecule has 8 heteroatoms. The number of hydrogen-bond acceptors (Lipinski definition) is 4. The van der Waals surface area contributed by atoms with Crippen LogP contribution in [0.15, 0.2) is 48.3 Å². The lowest BCUT2D eigenvalue weighted by molar-refractivity contribution is -0.143. The molecule has 1 amide bonds. The van der Waals surface area contributed by atoms with Crippen molar-refractivity contribution < 1.29 is 18.0 Å². The van der Waals surface area contributed by atoms with Crippen LogP contribution in [0.3, 0.4) is 0 Å². The van der Waals surface area contributed by atoms with E-state index >= 15 is 0 Å². The second kappa shape index (κ2) is 8.17. The molecule has 1 aromatic rings. The van der Waals surface area contributed by atoms with Crippen molar-refractivity contribution in [3.63, 3.8) is 0 Å². The van der Waals surface area contributed by atoms with Gasteiger partial charge in [0, 0.05) is 11.4 Å². The van der Waals surface area contributed by atoms with Gasteiger partial charge in [-0.2, -0.15) is 18.4 Å². The van der Waals surface area contributed by atoms with E-state index in [9.17, 15) is 18.0 Å². The average molecular weight is 338 g/mol. The summed E-state index contributed by atoms with van der Waals surface area (Å²) in [4.78, 5) is 12.1. The second-order valence-corrected chi connectivity index (χ2v) is 4.94. The Morgan fingerprint density at radius 1 is 1.42 bits per heavy atom. The Kier molecular flexibility index (Phi) is 6.56. The van der Waals surface area contributed by atoms with Crippen LogP contribution < -0.4 is 16.0 Å². The Morgan fingerprint density at radius 3 is 2.58 bits per heavy atom. The number of halogens is 3. The van der Waals surface area contributed by atoms with Crippen molar-refractivity contribution >= 4 is 11.6 Å². The number of anilines is 1. The molecule has 1 atom stereocenters. The highest BCUT2D eigenvalue weighted by atomic mass is 19.4. The van der Waals surface area contributed by atoms with Crippen LogP contribution in [0.1, 0.15) is 12.5 Å². The molecule has 5 nitrogen and oxygen atoms in total. The van der Waals surface area contributed by atoms with E-state index in [0.29, 0.717) is 11.3 Å². The summed E-state index contributed by atoms with van der Waals surface area (Å²) in [5, 5.41) is 15.9. The van der Waals surface area contributed by atoms with E-state index in [0.717, 1.165) is 13.1 Å². The van der Waals surface area contributed by atoms with E-state index in [1.165, 1.54) is 25.1 Å². The SMILES string of the molecule is C=C(C)NC(=O)/C(=C/C(NC)C(F)(F)F)Nc1cccc(C#N)c1. The van der Waals surface area contributed by atoms with E-state index in [2.05, 4.69) is 22.5 Å². The summed E-state index contributed by atoms with van der Waals surface area (Å²) in [6.07, 6.45) is -3.84.